The van der Waals surface area contributed by atoms with Crippen molar-refractivity contribution in [2.45, 2.75) is 24.3 Å². The number of hydrogen-bond donors (Lipinski definition) is 5. The summed E-state index contributed by atoms with van der Waals surface area (Å²) in [6, 6.07) is 0. The average Bonchev–Trinajstić information content (AvgIpc) is 2.58. The molecule has 1 saturated carbocycles. The molecule has 1 fully saturated rings. The van der Waals surface area contributed by atoms with Crippen LogP contribution in [0.2, 0.25) is 24.3 Å². The molecule has 66 valence electrons. The largest absolute Gasteiger partial charge is 0.454 e. The molecule has 5 N–H and O–H groups in total. The van der Waals surface area contributed by atoms with Crippen LogP contribution in [0.25, 0.3) is 0 Å². The number of hydrogen-bond acceptors (Lipinski definition) is 5. The Bertz CT molecular complexity index is 128. The van der Waals surface area contributed by atoms with Crippen molar-refractivity contribution in [3.63, 3.8) is 0 Å². The van der Waals surface area contributed by atoms with Crippen molar-refractivity contribution < 1.29 is 25.1 Å². The first-order valence-electron chi connectivity index (χ1n) is 3.87. The van der Waals surface area contributed by atoms with Gasteiger partial charge in [0.15, 0.2) is 0 Å². The lowest BCUT2D eigenvalue weighted by atomic mass is 9.60. The second-order valence-corrected chi connectivity index (χ2v) is 3.30. The summed E-state index contributed by atoms with van der Waals surface area (Å²) in [4.78, 5) is 0. The lowest BCUT2D eigenvalue weighted by Gasteiger charge is -1.96. The third kappa shape index (κ3) is 1.67. The van der Waals surface area contributed by atoms with Gasteiger partial charge in [0, 0.05) is 0 Å². The second kappa shape index (κ2) is 3.39. The molecule has 1 aliphatic rings. The Kier molecular flexibility index (Phi) is 2.85. The van der Waals surface area contributed by atoms with Gasteiger partial charge in [0.1, 0.15) is 0 Å². The zero-order chi connectivity index (χ0) is 9.46. The molecule has 0 radical (unpaired) electrons. The van der Waals surface area contributed by atoms with E-state index in [0.717, 1.165) is 0 Å². The molecule has 0 amide bonds. The van der Waals surface area contributed by atoms with Gasteiger partial charge in [-0.05, 0) is 17.5 Å². The highest BCUT2D eigenvalue weighted by molar-refractivity contribution is 6.65. The number of rotatable bonds is 3. The third-order valence-electron chi connectivity index (χ3n) is 2.44. The molecule has 8 heteroatoms. The average molecular weight is 172 g/mol. The Morgan fingerprint density at radius 2 is 1.08 bits per heavy atom. The van der Waals surface area contributed by atoms with Crippen LogP contribution in [-0.4, -0.2) is 46.3 Å². The molecule has 5 nitrogen and oxygen atoms in total. The first kappa shape index (κ1) is 10.1. The lowest BCUT2D eigenvalue weighted by molar-refractivity contribution is 0.389. The maximum absolute atomic E-state index is 9.09. The highest BCUT2D eigenvalue weighted by Gasteiger charge is 2.63. The van der Waals surface area contributed by atoms with Crippen molar-refractivity contribution in [3.05, 3.63) is 0 Å². The van der Waals surface area contributed by atoms with Gasteiger partial charge >= 0.3 is 14.2 Å². The minimum atomic E-state index is -1.59. The molecular weight excluding hydrogens is 160 g/mol. The van der Waals surface area contributed by atoms with E-state index < -0.39 is 38.6 Å². The molecule has 0 heterocycles. The van der Waals surface area contributed by atoms with E-state index >= 15 is 0 Å². The molecule has 1 rings (SSSR count). The molecule has 0 saturated heterocycles. The van der Waals surface area contributed by atoms with Gasteiger partial charge in [-0.25, -0.2) is 0 Å². The van der Waals surface area contributed by atoms with E-state index in [1.165, 1.54) is 6.82 Å². The summed E-state index contributed by atoms with van der Waals surface area (Å²) in [5.41, 5.74) is 0. The predicted molar refractivity (Wildman–Crippen MR) is 45.5 cm³/mol. The van der Waals surface area contributed by atoms with E-state index in [9.17, 15) is 0 Å². The molecule has 12 heavy (non-hydrogen) atoms. The topological polar surface area (TPSA) is 101 Å². The van der Waals surface area contributed by atoms with Crippen LogP contribution in [0.1, 0.15) is 0 Å². The fourth-order valence-corrected chi connectivity index (χ4v) is 1.82. The lowest BCUT2D eigenvalue weighted by Crippen LogP contribution is -2.17. The van der Waals surface area contributed by atoms with Crippen molar-refractivity contribution >= 4 is 21.2 Å². The van der Waals surface area contributed by atoms with Crippen molar-refractivity contribution in [3.8, 4) is 0 Å². The van der Waals surface area contributed by atoms with E-state index in [-0.39, 0.29) is 0 Å². The standard InChI is InChI=1S/C4H11B3O5/c1-5(8)2-3(6(9)10)4(2)7(11)12/h2-4,8-12H,1H3. The quantitative estimate of drug-likeness (QED) is 0.307. The Labute approximate surface area is 71.4 Å². The molecule has 0 spiro atoms. The summed E-state index contributed by atoms with van der Waals surface area (Å²) >= 11 is 0. The normalized spacial score (nSPS) is 33.0. The van der Waals surface area contributed by atoms with Crippen molar-refractivity contribution in [1.82, 2.24) is 0 Å². The summed E-state index contributed by atoms with van der Waals surface area (Å²) in [6.45, 7) is 0.742. The summed E-state index contributed by atoms with van der Waals surface area (Å²) in [6.07, 6.45) is 0. The monoisotopic (exact) mass is 172 g/mol. The van der Waals surface area contributed by atoms with E-state index in [2.05, 4.69) is 0 Å². The van der Waals surface area contributed by atoms with Gasteiger partial charge < -0.3 is 25.1 Å². The van der Waals surface area contributed by atoms with Crippen LogP contribution < -0.4 is 0 Å². The molecule has 2 atom stereocenters. The SMILES string of the molecule is CB(O)C1C(B(O)O)C1B(O)O. The van der Waals surface area contributed by atoms with E-state index in [1.54, 1.807) is 0 Å². The molecule has 0 aromatic heterocycles. The third-order valence-corrected chi connectivity index (χ3v) is 2.44. The zero-order valence-corrected chi connectivity index (χ0v) is 6.70. The molecule has 0 aliphatic heterocycles. The van der Waals surface area contributed by atoms with Crippen LogP contribution in [0.4, 0.5) is 0 Å². The van der Waals surface area contributed by atoms with Crippen LogP contribution in [0.15, 0.2) is 0 Å². The smallest absolute Gasteiger partial charge is 0.450 e. The molecule has 1 aliphatic carbocycles. The van der Waals surface area contributed by atoms with Gasteiger partial charge in [-0.15, -0.1) is 0 Å². The maximum atomic E-state index is 9.09. The summed E-state index contributed by atoms with van der Waals surface area (Å²) < 4.78 is 0. The van der Waals surface area contributed by atoms with Crippen molar-refractivity contribution in [2.75, 3.05) is 0 Å². The maximum Gasteiger partial charge on any atom is 0.454 e. The predicted octanol–water partition coefficient (Wildman–Crippen LogP) is -2.33. The van der Waals surface area contributed by atoms with Crippen LogP contribution in [-0.2, 0) is 0 Å². The highest BCUT2D eigenvalue weighted by Crippen LogP contribution is 2.65. The minimum Gasteiger partial charge on any atom is -0.450 e. The molecule has 0 bridgehead atoms. The first-order valence-corrected chi connectivity index (χ1v) is 3.87. The Morgan fingerprint density at radius 1 is 0.750 bits per heavy atom. The summed E-state index contributed by atoms with van der Waals surface area (Å²) in [5, 5.41) is 44.1. The fraction of sp³-hybridized carbons (Fsp3) is 1.00. The van der Waals surface area contributed by atoms with Gasteiger partial charge in [-0.3, -0.25) is 0 Å². The Hall–Kier alpha value is -0.00519. The van der Waals surface area contributed by atoms with Gasteiger partial charge in [-0.1, -0.05) is 6.82 Å². The highest BCUT2D eigenvalue weighted by atomic mass is 16.4. The van der Waals surface area contributed by atoms with Crippen LogP contribution >= 0.6 is 0 Å². The van der Waals surface area contributed by atoms with E-state index in [0.29, 0.717) is 0 Å². The van der Waals surface area contributed by atoms with Crippen LogP contribution in [0.3, 0.4) is 0 Å². The molecule has 0 aromatic rings. The zero-order valence-electron chi connectivity index (χ0n) is 6.70. The Balaban J connectivity index is 2.55. The van der Waals surface area contributed by atoms with Crippen LogP contribution in [0.5, 0.6) is 0 Å². The van der Waals surface area contributed by atoms with Gasteiger partial charge in [0.25, 0.3) is 6.92 Å². The Morgan fingerprint density at radius 3 is 1.17 bits per heavy atom. The molecule has 0 aromatic carbocycles. The minimum absolute atomic E-state index is 0.426. The van der Waals surface area contributed by atoms with Crippen LogP contribution in [0, 0.1) is 0 Å². The summed E-state index contributed by atoms with van der Waals surface area (Å²) in [5.74, 6) is -1.67. The van der Waals surface area contributed by atoms with Crippen molar-refractivity contribution in [1.29, 1.82) is 0 Å². The van der Waals surface area contributed by atoms with Crippen molar-refractivity contribution in [2.24, 2.45) is 0 Å². The first-order chi connectivity index (χ1) is 5.46. The van der Waals surface area contributed by atoms with Gasteiger partial charge in [0.05, 0.1) is 0 Å². The van der Waals surface area contributed by atoms with Gasteiger partial charge in [0.2, 0.25) is 0 Å². The molecular formula is C4H11B3O5. The fourth-order valence-electron chi connectivity index (χ4n) is 1.82. The summed E-state index contributed by atoms with van der Waals surface area (Å²) in [7, 11) is -3.17. The van der Waals surface area contributed by atoms with E-state index in [4.69, 9.17) is 25.1 Å². The second-order valence-electron chi connectivity index (χ2n) is 3.30. The van der Waals surface area contributed by atoms with Gasteiger partial charge in [-0.2, -0.15) is 0 Å². The molecule has 2 unspecified atom stereocenters. The van der Waals surface area contributed by atoms with E-state index in [1.807, 2.05) is 0 Å².